The Morgan fingerprint density at radius 2 is 2.07 bits per heavy atom. The van der Waals surface area contributed by atoms with Crippen LogP contribution in [0.25, 0.3) is 23.2 Å². The van der Waals surface area contributed by atoms with Crippen molar-refractivity contribution in [2.75, 3.05) is 18.7 Å². The molecule has 28 heavy (non-hydrogen) atoms. The van der Waals surface area contributed by atoms with Gasteiger partial charge in [0.15, 0.2) is 5.82 Å². The van der Waals surface area contributed by atoms with Gasteiger partial charge in [-0.15, -0.1) is 15.3 Å². The molecule has 1 fully saturated rings. The molecule has 10 heteroatoms. The summed E-state index contributed by atoms with van der Waals surface area (Å²) in [4.78, 5) is 2.13. The fourth-order valence-corrected chi connectivity index (χ4v) is 4.26. The molecule has 1 aliphatic carbocycles. The molecule has 0 N–H and O–H groups in total. The summed E-state index contributed by atoms with van der Waals surface area (Å²) in [6, 6.07) is 8.11. The number of rotatable bonds is 4. The summed E-state index contributed by atoms with van der Waals surface area (Å²) in [7, 11) is 1.72. The Labute approximate surface area is 165 Å². The summed E-state index contributed by atoms with van der Waals surface area (Å²) in [5.41, 5.74) is 2.93. The van der Waals surface area contributed by atoms with Gasteiger partial charge >= 0.3 is 0 Å². The second kappa shape index (κ2) is 5.79. The lowest BCUT2D eigenvalue weighted by Gasteiger charge is -2.30. The van der Waals surface area contributed by atoms with Gasteiger partial charge in [0.05, 0.1) is 23.8 Å². The Hall–Kier alpha value is -2.91. The Morgan fingerprint density at radius 1 is 1.21 bits per heavy atom. The van der Waals surface area contributed by atoms with Crippen molar-refractivity contribution in [3.05, 3.63) is 42.4 Å². The van der Waals surface area contributed by atoms with Crippen molar-refractivity contribution in [2.45, 2.75) is 18.9 Å². The van der Waals surface area contributed by atoms with Crippen molar-refractivity contribution in [1.82, 2.24) is 34.2 Å². The van der Waals surface area contributed by atoms with Gasteiger partial charge in [-0.3, -0.25) is 4.42 Å². The van der Waals surface area contributed by atoms with E-state index in [0.29, 0.717) is 18.5 Å². The molecule has 0 spiro atoms. The molecule has 6 rings (SSSR count). The lowest BCUT2D eigenvalue weighted by atomic mass is 10.1. The molecule has 3 aliphatic rings. The van der Waals surface area contributed by atoms with E-state index < -0.39 is 0 Å². The molecule has 1 unspecified atom stereocenters. The van der Waals surface area contributed by atoms with E-state index in [-0.39, 0.29) is 6.10 Å². The maximum absolute atomic E-state index is 6.32. The van der Waals surface area contributed by atoms with Crippen LogP contribution in [-0.4, -0.2) is 48.0 Å². The highest BCUT2D eigenvalue weighted by molar-refractivity contribution is 6.15. The van der Waals surface area contributed by atoms with Gasteiger partial charge in [0.1, 0.15) is 18.6 Å². The van der Waals surface area contributed by atoms with Crippen LogP contribution >= 0.6 is 11.8 Å². The van der Waals surface area contributed by atoms with E-state index in [1.165, 1.54) is 0 Å². The number of aromatic nitrogens is 6. The zero-order valence-corrected chi connectivity index (χ0v) is 15.9. The fourth-order valence-electron chi connectivity index (χ4n) is 4.06. The van der Waals surface area contributed by atoms with Crippen LogP contribution in [0.1, 0.15) is 24.6 Å². The highest BCUT2D eigenvalue weighted by Gasteiger charge is 2.38. The number of hydrogen-bond donors (Lipinski definition) is 0. The summed E-state index contributed by atoms with van der Waals surface area (Å²) >= 11 is 6.32. The average Bonchev–Trinajstić information content (AvgIpc) is 3.11. The van der Waals surface area contributed by atoms with Crippen LogP contribution in [0, 0.1) is 5.92 Å². The minimum absolute atomic E-state index is 0.0583. The summed E-state index contributed by atoms with van der Waals surface area (Å²) < 4.78 is 11.1. The first-order valence-electron chi connectivity index (χ1n) is 9.17. The molecular weight excluding hydrogens is 380 g/mol. The van der Waals surface area contributed by atoms with Crippen molar-refractivity contribution in [2.24, 2.45) is 5.92 Å². The number of para-hydroxylation sites is 1. The largest absolute Gasteiger partial charge is 0.375 e. The average molecular weight is 397 g/mol. The highest BCUT2D eigenvalue weighted by atomic mass is 35.5. The van der Waals surface area contributed by atoms with Gasteiger partial charge in [0.25, 0.3) is 5.95 Å². The molecule has 1 atom stereocenters. The molecular formula is C18H17ClN8O. The number of halogens is 1. The van der Waals surface area contributed by atoms with Gasteiger partial charge < -0.3 is 9.64 Å². The van der Waals surface area contributed by atoms with Crippen molar-refractivity contribution in [1.29, 1.82) is 0 Å². The van der Waals surface area contributed by atoms with E-state index in [0.717, 1.165) is 41.4 Å². The first-order chi connectivity index (χ1) is 13.8. The molecule has 1 saturated carbocycles. The molecule has 0 saturated heterocycles. The lowest BCUT2D eigenvalue weighted by molar-refractivity contribution is 0.0787. The predicted octanol–water partition coefficient (Wildman–Crippen LogP) is 2.63. The SMILES string of the molecule is COC(c1cnnn1-c1nnc2n1C1=CN(Cl)CN1c1ccccc1-2)C1CC1. The van der Waals surface area contributed by atoms with Gasteiger partial charge in [-0.25, -0.2) is 4.57 Å². The topological polar surface area (TPSA) is 77.1 Å². The number of hydrogen-bond acceptors (Lipinski definition) is 7. The van der Waals surface area contributed by atoms with Crippen LogP contribution in [0.5, 0.6) is 0 Å². The maximum Gasteiger partial charge on any atom is 0.259 e. The fraction of sp³-hybridized carbons (Fsp3) is 0.333. The van der Waals surface area contributed by atoms with E-state index >= 15 is 0 Å². The molecule has 2 aliphatic heterocycles. The number of anilines is 1. The molecule has 2 aromatic heterocycles. The van der Waals surface area contributed by atoms with Crippen LogP contribution < -0.4 is 4.90 Å². The number of fused-ring (bicyclic) bond motifs is 6. The second-order valence-electron chi connectivity index (χ2n) is 7.20. The molecule has 9 nitrogen and oxygen atoms in total. The Morgan fingerprint density at radius 3 is 2.89 bits per heavy atom. The van der Waals surface area contributed by atoms with Crippen LogP contribution in [0.3, 0.4) is 0 Å². The molecule has 1 aromatic carbocycles. The molecule has 0 bridgehead atoms. The number of nitrogens with zero attached hydrogens (tertiary/aromatic N) is 8. The van der Waals surface area contributed by atoms with Crippen LogP contribution in [0.4, 0.5) is 5.69 Å². The van der Waals surface area contributed by atoms with E-state index in [1.54, 1.807) is 22.4 Å². The third-order valence-electron chi connectivity index (χ3n) is 5.48. The van der Waals surface area contributed by atoms with Crippen LogP contribution in [0.2, 0.25) is 0 Å². The number of methoxy groups -OCH3 is 1. The number of ether oxygens (including phenoxy) is 1. The molecule has 142 valence electrons. The van der Waals surface area contributed by atoms with Crippen molar-refractivity contribution in [3.63, 3.8) is 0 Å². The third kappa shape index (κ3) is 2.17. The quantitative estimate of drug-likeness (QED) is 0.627. The van der Waals surface area contributed by atoms with Gasteiger partial charge in [-0.05, 0) is 30.9 Å². The summed E-state index contributed by atoms with van der Waals surface area (Å²) in [5, 5.41) is 17.4. The number of benzene rings is 1. The first-order valence-corrected chi connectivity index (χ1v) is 9.51. The third-order valence-corrected chi connectivity index (χ3v) is 5.68. The lowest BCUT2D eigenvalue weighted by Crippen LogP contribution is -2.29. The molecule has 3 aromatic rings. The standard InChI is InChI=1S/C18H17ClN8O/c1-28-16(11-6-7-11)14-8-20-23-27(14)18-22-21-17-12-4-2-3-5-13(12)25-10-24(19)9-15(25)26(17)18/h2-5,8-9,11,16H,6-7,10H2,1H3. The zero-order chi connectivity index (χ0) is 18.8. The molecule has 0 radical (unpaired) electrons. The minimum Gasteiger partial charge on any atom is -0.375 e. The monoisotopic (exact) mass is 396 g/mol. The van der Waals surface area contributed by atoms with Crippen molar-refractivity contribution < 1.29 is 4.74 Å². The molecule has 4 heterocycles. The Kier molecular flexibility index (Phi) is 3.33. The molecule has 0 amide bonds. The van der Waals surface area contributed by atoms with Gasteiger partial charge in [0.2, 0.25) is 0 Å². The Bertz CT molecular complexity index is 1100. The second-order valence-corrected chi connectivity index (χ2v) is 7.63. The normalized spacial score (nSPS) is 18.6. The predicted molar refractivity (Wildman–Crippen MR) is 102 cm³/mol. The van der Waals surface area contributed by atoms with Crippen molar-refractivity contribution in [3.8, 4) is 17.3 Å². The Balaban J connectivity index is 1.56. The summed E-state index contributed by atoms with van der Waals surface area (Å²) in [6.07, 6.45) is 5.86. The smallest absolute Gasteiger partial charge is 0.259 e. The first kappa shape index (κ1) is 16.1. The highest BCUT2D eigenvalue weighted by Crippen LogP contribution is 2.45. The zero-order valence-electron chi connectivity index (χ0n) is 15.1. The summed E-state index contributed by atoms with van der Waals surface area (Å²) in [5.74, 6) is 2.70. The van der Waals surface area contributed by atoms with Crippen molar-refractivity contribution >= 4 is 23.3 Å². The van der Waals surface area contributed by atoms with Crippen LogP contribution in [0.15, 0.2) is 36.7 Å². The van der Waals surface area contributed by atoms with E-state index in [2.05, 4.69) is 31.5 Å². The minimum atomic E-state index is -0.0583. The van der Waals surface area contributed by atoms with Crippen LogP contribution in [-0.2, 0) is 4.74 Å². The summed E-state index contributed by atoms with van der Waals surface area (Å²) in [6.45, 7) is 0.540. The van der Waals surface area contributed by atoms with Gasteiger partial charge in [-0.1, -0.05) is 17.3 Å². The van der Waals surface area contributed by atoms with Gasteiger partial charge in [0, 0.05) is 24.4 Å². The van der Waals surface area contributed by atoms with E-state index in [1.807, 2.05) is 29.0 Å². The van der Waals surface area contributed by atoms with E-state index in [9.17, 15) is 0 Å². The van der Waals surface area contributed by atoms with E-state index in [4.69, 9.17) is 16.5 Å². The maximum atomic E-state index is 6.32. The van der Waals surface area contributed by atoms with Gasteiger partial charge in [-0.2, -0.15) is 4.68 Å².